The summed E-state index contributed by atoms with van der Waals surface area (Å²) in [4.78, 5) is 3.74. The van der Waals surface area contributed by atoms with Crippen LogP contribution in [-0.2, 0) is 5.92 Å². The average Bonchev–Trinajstić information content (AvgIpc) is 2.14. The molecular weight excluding hydrogens is 202 g/mol. The van der Waals surface area contributed by atoms with Gasteiger partial charge in [-0.3, -0.25) is 0 Å². The Morgan fingerprint density at radius 1 is 1.53 bits per heavy atom. The van der Waals surface area contributed by atoms with Crippen LogP contribution < -0.4 is 5.32 Å². The third-order valence-corrected chi connectivity index (χ3v) is 1.78. The van der Waals surface area contributed by atoms with Gasteiger partial charge >= 0.3 is 0 Å². The van der Waals surface area contributed by atoms with E-state index < -0.39 is 12.0 Å². The van der Waals surface area contributed by atoms with Crippen LogP contribution in [0.5, 0.6) is 0 Å². The number of hydrogen-bond acceptors (Lipinski definition) is 3. The number of pyridine rings is 1. The zero-order chi connectivity index (χ0) is 11.5. The maximum absolute atomic E-state index is 12.9. The van der Waals surface area contributed by atoms with Crippen molar-refractivity contribution in [2.45, 2.75) is 25.9 Å². The molecule has 0 aliphatic rings. The molecule has 0 radical (unpaired) electrons. The third-order valence-electron chi connectivity index (χ3n) is 1.78. The molecule has 0 spiro atoms. The van der Waals surface area contributed by atoms with E-state index in [2.05, 4.69) is 10.3 Å². The summed E-state index contributed by atoms with van der Waals surface area (Å²) in [5.74, 6) is -2.60. The number of nitrogens with zero attached hydrogens (tertiary/aromatic N) is 1. The van der Waals surface area contributed by atoms with Crippen LogP contribution in [-0.4, -0.2) is 22.7 Å². The van der Waals surface area contributed by atoms with Crippen LogP contribution in [0.1, 0.15) is 19.5 Å². The lowest BCUT2D eigenvalue weighted by Crippen LogP contribution is -2.17. The van der Waals surface area contributed by atoms with Gasteiger partial charge in [0.1, 0.15) is 11.5 Å². The van der Waals surface area contributed by atoms with Crippen LogP contribution in [0.2, 0.25) is 0 Å². The van der Waals surface area contributed by atoms with Crippen molar-refractivity contribution in [1.82, 2.24) is 4.98 Å². The van der Waals surface area contributed by atoms with Gasteiger partial charge in [0.25, 0.3) is 5.92 Å². The van der Waals surface area contributed by atoms with Crippen LogP contribution >= 0.6 is 0 Å². The first-order valence-corrected chi connectivity index (χ1v) is 4.67. The van der Waals surface area contributed by atoms with Crippen molar-refractivity contribution in [2.24, 2.45) is 0 Å². The number of aliphatic hydroxyl groups is 1. The van der Waals surface area contributed by atoms with E-state index in [0.717, 1.165) is 6.92 Å². The standard InChI is InChI=1S/C10H14F2N2O/c1-7(15)6-13-9-5-3-4-8(14-9)10(2,11)12/h3-5,7,15H,6H2,1-2H3,(H,13,14)/t7-/m0/s1. The number of alkyl halides is 2. The van der Waals surface area contributed by atoms with Crippen molar-refractivity contribution in [3.8, 4) is 0 Å². The highest BCUT2D eigenvalue weighted by Crippen LogP contribution is 2.25. The van der Waals surface area contributed by atoms with Gasteiger partial charge < -0.3 is 10.4 Å². The van der Waals surface area contributed by atoms with Crippen LogP contribution in [0, 0.1) is 0 Å². The fraction of sp³-hybridized carbons (Fsp3) is 0.500. The van der Waals surface area contributed by atoms with E-state index in [1.807, 2.05) is 0 Å². The fourth-order valence-corrected chi connectivity index (χ4v) is 1.03. The van der Waals surface area contributed by atoms with Gasteiger partial charge in [-0.2, -0.15) is 8.78 Å². The van der Waals surface area contributed by atoms with E-state index in [0.29, 0.717) is 5.82 Å². The summed E-state index contributed by atoms with van der Waals surface area (Å²) in [6, 6.07) is 4.36. The van der Waals surface area contributed by atoms with Crippen LogP contribution in [0.15, 0.2) is 18.2 Å². The maximum Gasteiger partial charge on any atom is 0.287 e. The Labute approximate surface area is 87.2 Å². The molecule has 1 heterocycles. The summed E-state index contributed by atoms with van der Waals surface area (Å²) in [6.07, 6.45) is -0.544. The molecule has 0 amide bonds. The van der Waals surface area contributed by atoms with Crippen molar-refractivity contribution in [3.05, 3.63) is 23.9 Å². The Morgan fingerprint density at radius 3 is 2.73 bits per heavy atom. The molecule has 1 aromatic rings. The smallest absolute Gasteiger partial charge is 0.287 e. The summed E-state index contributed by atoms with van der Waals surface area (Å²) < 4.78 is 25.8. The van der Waals surface area contributed by atoms with Gasteiger partial charge in [0, 0.05) is 13.5 Å². The molecule has 0 unspecified atom stereocenters. The number of rotatable bonds is 4. The van der Waals surface area contributed by atoms with Crippen molar-refractivity contribution in [1.29, 1.82) is 0 Å². The molecule has 15 heavy (non-hydrogen) atoms. The molecule has 84 valence electrons. The molecule has 0 bridgehead atoms. The number of anilines is 1. The molecule has 5 heteroatoms. The van der Waals surface area contributed by atoms with Gasteiger partial charge in [-0.05, 0) is 19.1 Å². The van der Waals surface area contributed by atoms with Crippen LogP contribution in [0.3, 0.4) is 0 Å². The highest BCUT2D eigenvalue weighted by Gasteiger charge is 2.25. The molecule has 1 aromatic heterocycles. The normalized spacial score (nSPS) is 13.7. The van der Waals surface area contributed by atoms with Crippen molar-refractivity contribution in [2.75, 3.05) is 11.9 Å². The average molecular weight is 216 g/mol. The van der Waals surface area contributed by atoms with E-state index in [4.69, 9.17) is 5.11 Å². The molecule has 0 aliphatic heterocycles. The summed E-state index contributed by atoms with van der Waals surface area (Å²) >= 11 is 0. The summed E-state index contributed by atoms with van der Waals surface area (Å²) in [5.41, 5.74) is -0.280. The molecule has 0 aliphatic carbocycles. The molecule has 1 rings (SSSR count). The second-order valence-corrected chi connectivity index (χ2v) is 3.53. The van der Waals surface area contributed by atoms with E-state index in [-0.39, 0.29) is 12.2 Å². The largest absolute Gasteiger partial charge is 0.392 e. The predicted molar refractivity (Wildman–Crippen MR) is 54.0 cm³/mol. The van der Waals surface area contributed by atoms with Crippen molar-refractivity contribution in [3.63, 3.8) is 0 Å². The third kappa shape index (κ3) is 3.79. The molecule has 0 saturated carbocycles. The first-order valence-electron chi connectivity index (χ1n) is 4.67. The van der Waals surface area contributed by atoms with E-state index in [9.17, 15) is 8.78 Å². The zero-order valence-electron chi connectivity index (χ0n) is 8.67. The Balaban J connectivity index is 2.75. The Morgan fingerprint density at radius 2 is 2.20 bits per heavy atom. The fourth-order valence-electron chi connectivity index (χ4n) is 1.03. The second-order valence-electron chi connectivity index (χ2n) is 3.53. The van der Waals surface area contributed by atoms with E-state index in [1.54, 1.807) is 13.0 Å². The lowest BCUT2D eigenvalue weighted by atomic mass is 10.2. The zero-order valence-corrected chi connectivity index (χ0v) is 8.67. The topological polar surface area (TPSA) is 45.1 Å². The molecule has 2 N–H and O–H groups in total. The first kappa shape index (κ1) is 11.8. The predicted octanol–water partition coefficient (Wildman–Crippen LogP) is 1.99. The number of hydrogen-bond donors (Lipinski definition) is 2. The first-order chi connectivity index (χ1) is 6.89. The number of aliphatic hydroxyl groups excluding tert-OH is 1. The minimum atomic E-state index is -2.94. The molecule has 3 nitrogen and oxygen atoms in total. The van der Waals surface area contributed by atoms with Gasteiger partial charge in [0.05, 0.1) is 6.10 Å². The van der Waals surface area contributed by atoms with Crippen molar-refractivity contribution < 1.29 is 13.9 Å². The SMILES string of the molecule is C[C@H](O)CNc1cccc(C(C)(F)F)n1. The molecule has 0 saturated heterocycles. The number of nitrogens with one attached hydrogen (secondary N) is 1. The van der Waals surface area contributed by atoms with E-state index in [1.165, 1.54) is 12.1 Å². The van der Waals surface area contributed by atoms with Gasteiger partial charge in [-0.1, -0.05) is 6.07 Å². The lowest BCUT2D eigenvalue weighted by Gasteiger charge is -2.12. The van der Waals surface area contributed by atoms with E-state index >= 15 is 0 Å². The van der Waals surface area contributed by atoms with Gasteiger partial charge in [-0.25, -0.2) is 4.98 Å². The number of aromatic nitrogens is 1. The monoisotopic (exact) mass is 216 g/mol. The van der Waals surface area contributed by atoms with Gasteiger partial charge in [0.15, 0.2) is 0 Å². The minimum absolute atomic E-state index is 0.280. The Bertz CT molecular complexity index is 323. The van der Waals surface area contributed by atoms with Crippen LogP contribution in [0.4, 0.5) is 14.6 Å². The Kier molecular flexibility index (Phi) is 3.57. The van der Waals surface area contributed by atoms with Crippen LogP contribution in [0.25, 0.3) is 0 Å². The summed E-state index contributed by atoms with van der Waals surface area (Å²) in [7, 11) is 0. The molecule has 1 atom stereocenters. The quantitative estimate of drug-likeness (QED) is 0.809. The van der Waals surface area contributed by atoms with Gasteiger partial charge in [-0.15, -0.1) is 0 Å². The summed E-state index contributed by atoms with van der Waals surface area (Å²) in [5, 5.41) is 11.8. The second kappa shape index (κ2) is 4.53. The Hall–Kier alpha value is -1.23. The minimum Gasteiger partial charge on any atom is -0.392 e. The van der Waals surface area contributed by atoms with Crippen molar-refractivity contribution >= 4 is 5.82 Å². The molecule has 0 fully saturated rings. The lowest BCUT2D eigenvalue weighted by molar-refractivity contribution is 0.0129. The molecule has 0 aromatic carbocycles. The van der Waals surface area contributed by atoms with Gasteiger partial charge in [0.2, 0.25) is 0 Å². The summed E-state index contributed by atoms with van der Waals surface area (Å²) in [6.45, 7) is 2.69. The number of halogens is 2. The highest BCUT2D eigenvalue weighted by atomic mass is 19.3. The molecular formula is C10H14F2N2O. The maximum atomic E-state index is 12.9. The highest BCUT2D eigenvalue weighted by molar-refractivity contribution is 5.36.